The highest BCUT2D eigenvalue weighted by atomic mass is 79.9. The summed E-state index contributed by atoms with van der Waals surface area (Å²) >= 11 is 3.47. The number of piperidine rings is 1. The molecular formula is C17H23BrN2O. The fourth-order valence-electron chi connectivity index (χ4n) is 3.58. The van der Waals surface area contributed by atoms with Gasteiger partial charge in [0.2, 0.25) is 5.91 Å². The van der Waals surface area contributed by atoms with Crippen molar-refractivity contribution in [1.29, 1.82) is 0 Å². The molecule has 2 saturated heterocycles. The van der Waals surface area contributed by atoms with Crippen molar-refractivity contribution in [3.63, 3.8) is 0 Å². The zero-order valence-electron chi connectivity index (χ0n) is 12.6. The van der Waals surface area contributed by atoms with Crippen molar-refractivity contribution in [2.75, 3.05) is 33.2 Å². The Morgan fingerprint density at radius 2 is 1.95 bits per heavy atom. The SMILES string of the molecule is CN1CCC2(CC1)CCN(C(=O)Cc1cccc(Br)c1)C2. The van der Waals surface area contributed by atoms with Gasteiger partial charge in [0.25, 0.3) is 0 Å². The Hall–Kier alpha value is -0.870. The van der Waals surface area contributed by atoms with Gasteiger partial charge in [0.05, 0.1) is 6.42 Å². The van der Waals surface area contributed by atoms with E-state index in [0.29, 0.717) is 11.8 Å². The molecular weight excluding hydrogens is 328 g/mol. The van der Waals surface area contributed by atoms with Gasteiger partial charge in [-0.15, -0.1) is 0 Å². The average Bonchev–Trinajstić information content (AvgIpc) is 2.87. The predicted octanol–water partition coefficient (Wildman–Crippen LogP) is 2.94. The van der Waals surface area contributed by atoms with Gasteiger partial charge in [0.1, 0.15) is 0 Å². The van der Waals surface area contributed by atoms with Crippen LogP contribution in [0, 0.1) is 5.41 Å². The van der Waals surface area contributed by atoms with E-state index < -0.39 is 0 Å². The average molecular weight is 351 g/mol. The van der Waals surface area contributed by atoms with E-state index in [1.165, 1.54) is 32.4 Å². The Morgan fingerprint density at radius 3 is 2.67 bits per heavy atom. The first-order chi connectivity index (χ1) is 10.1. The number of hydrogen-bond donors (Lipinski definition) is 0. The zero-order chi connectivity index (χ0) is 14.9. The van der Waals surface area contributed by atoms with Crippen LogP contribution in [0.1, 0.15) is 24.8 Å². The van der Waals surface area contributed by atoms with Crippen molar-refractivity contribution < 1.29 is 4.79 Å². The molecule has 0 N–H and O–H groups in total. The molecule has 0 atom stereocenters. The number of rotatable bonds is 2. The molecule has 2 heterocycles. The van der Waals surface area contributed by atoms with Crippen LogP contribution in [0.5, 0.6) is 0 Å². The van der Waals surface area contributed by atoms with Crippen LogP contribution in [0.4, 0.5) is 0 Å². The first-order valence-corrected chi connectivity index (χ1v) is 8.56. The van der Waals surface area contributed by atoms with Gasteiger partial charge in [-0.3, -0.25) is 4.79 Å². The van der Waals surface area contributed by atoms with E-state index in [0.717, 1.165) is 23.1 Å². The van der Waals surface area contributed by atoms with E-state index in [-0.39, 0.29) is 5.91 Å². The maximum Gasteiger partial charge on any atom is 0.227 e. The van der Waals surface area contributed by atoms with Gasteiger partial charge >= 0.3 is 0 Å². The van der Waals surface area contributed by atoms with Gasteiger partial charge in [-0.2, -0.15) is 0 Å². The van der Waals surface area contributed by atoms with Gasteiger partial charge in [0, 0.05) is 17.6 Å². The minimum atomic E-state index is 0.281. The second-order valence-corrected chi connectivity index (χ2v) is 7.59. The summed E-state index contributed by atoms with van der Waals surface area (Å²) in [6, 6.07) is 8.07. The molecule has 3 nitrogen and oxygen atoms in total. The number of likely N-dealkylation sites (tertiary alicyclic amines) is 2. The number of carbonyl (C=O) groups is 1. The minimum absolute atomic E-state index is 0.281. The highest BCUT2D eigenvalue weighted by Gasteiger charge is 2.41. The molecule has 21 heavy (non-hydrogen) atoms. The van der Waals surface area contributed by atoms with Crippen LogP contribution in [0.2, 0.25) is 0 Å². The number of hydrogen-bond acceptors (Lipinski definition) is 2. The molecule has 0 unspecified atom stereocenters. The molecule has 0 saturated carbocycles. The highest BCUT2D eigenvalue weighted by molar-refractivity contribution is 9.10. The Bertz CT molecular complexity index is 523. The number of benzene rings is 1. The normalized spacial score (nSPS) is 21.9. The second-order valence-electron chi connectivity index (χ2n) is 6.68. The number of amides is 1. The minimum Gasteiger partial charge on any atom is -0.342 e. The molecule has 1 aromatic carbocycles. The molecule has 114 valence electrons. The van der Waals surface area contributed by atoms with E-state index in [1.54, 1.807) is 0 Å². The van der Waals surface area contributed by atoms with Crippen LogP contribution in [-0.2, 0) is 11.2 Å². The van der Waals surface area contributed by atoms with Crippen molar-refractivity contribution in [1.82, 2.24) is 9.80 Å². The van der Waals surface area contributed by atoms with Crippen LogP contribution in [0.15, 0.2) is 28.7 Å². The summed E-state index contributed by atoms with van der Waals surface area (Å²) in [6.07, 6.45) is 4.19. The third kappa shape index (κ3) is 3.49. The third-order valence-corrected chi connectivity index (χ3v) is 5.58. The van der Waals surface area contributed by atoms with E-state index >= 15 is 0 Å². The molecule has 2 aliphatic rings. The standard InChI is InChI=1S/C17H23BrN2O/c1-19-8-5-17(6-9-19)7-10-20(13-17)16(21)12-14-3-2-4-15(18)11-14/h2-4,11H,5-10,12-13H2,1H3. The Kier molecular flexibility index (Phi) is 4.36. The summed E-state index contributed by atoms with van der Waals surface area (Å²) in [6.45, 7) is 4.26. The topological polar surface area (TPSA) is 23.6 Å². The lowest BCUT2D eigenvalue weighted by Gasteiger charge is -2.37. The number of carbonyl (C=O) groups excluding carboxylic acids is 1. The fourth-order valence-corrected chi connectivity index (χ4v) is 4.03. The van der Waals surface area contributed by atoms with Crippen LogP contribution in [-0.4, -0.2) is 48.9 Å². The Morgan fingerprint density at radius 1 is 1.24 bits per heavy atom. The van der Waals surface area contributed by atoms with Gasteiger partial charge in [-0.25, -0.2) is 0 Å². The first-order valence-electron chi connectivity index (χ1n) is 7.77. The molecule has 0 radical (unpaired) electrons. The van der Waals surface area contributed by atoms with Crippen molar-refractivity contribution in [2.45, 2.75) is 25.7 Å². The molecule has 2 aliphatic heterocycles. The Balaban J connectivity index is 1.59. The molecule has 1 amide bonds. The summed E-state index contributed by atoms with van der Waals surface area (Å²) in [5.41, 5.74) is 1.50. The quantitative estimate of drug-likeness (QED) is 0.818. The highest BCUT2D eigenvalue weighted by Crippen LogP contribution is 2.40. The van der Waals surface area contributed by atoms with E-state index in [1.807, 2.05) is 24.3 Å². The van der Waals surface area contributed by atoms with Crippen molar-refractivity contribution in [3.05, 3.63) is 34.3 Å². The maximum absolute atomic E-state index is 12.5. The van der Waals surface area contributed by atoms with Crippen molar-refractivity contribution >= 4 is 21.8 Å². The lowest BCUT2D eigenvalue weighted by atomic mass is 9.78. The molecule has 4 heteroatoms. The molecule has 3 rings (SSSR count). The molecule has 0 bridgehead atoms. The predicted molar refractivity (Wildman–Crippen MR) is 88.2 cm³/mol. The van der Waals surface area contributed by atoms with E-state index in [9.17, 15) is 4.79 Å². The molecule has 2 fully saturated rings. The summed E-state index contributed by atoms with van der Waals surface area (Å²) in [5, 5.41) is 0. The smallest absolute Gasteiger partial charge is 0.227 e. The van der Waals surface area contributed by atoms with Crippen LogP contribution >= 0.6 is 15.9 Å². The van der Waals surface area contributed by atoms with E-state index in [4.69, 9.17) is 0 Å². The van der Waals surface area contributed by atoms with Crippen LogP contribution < -0.4 is 0 Å². The molecule has 1 spiro atoms. The molecule has 0 aliphatic carbocycles. The van der Waals surface area contributed by atoms with Crippen molar-refractivity contribution in [3.8, 4) is 0 Å². The van der Waals surface area contributed by atoms with Gasteiger partial charge < -0.3 is 9.80 Å². The zero-order valence-corrected chi connectivity index (χ0v) is 14.2. The molecule has 0 aromatic heterocycles. The lowest BCUT2D eigenvalue weighted by molar-refractivity contribution is -0.130. The number of nitrogens with zero attached hydrogens (tertiary/aromatic N) is 2. The summed E-state index contributed by atoms with van der Waals surface area (Å²) in [5.74, 6) is 0.281. The van der Waals surface area contributed by atoms with Gasteiger partial charge in [0.15, 0.2) is 0 Å². The number of halogens is 1. The van der Waals surface area contributed by atoms with Crippen LogP contribution in [0.25, 0.3) is 0 Å². The maximum atomic E-state index is 12.5. The molecule has 1 aromatic rings. The van der Waals surface area contributed by atoms with Crippen LogP contribution in [0.3, 0.4) is 0 Å². The largest absolute Gasteiger partial charge is 0.342 e. The Labute approximate surface area is 135 Å². The lowest BCUT2D eigenvalue weighted by Crippen LogP contribution is -2.40. The third-order valence-electron chi connectivity index (χ3n) is 5.08. The summed E-state index contributed by atoms with van der Waals surface area (Å²) in [4.78, 5) is 17.0. The fraction of sp³-hybridized carbons (Fsp3) is 0.588. The summed E-state index contributed by atoms with van der Waals surface area (Å²) in [7, 11) is 2.19. The van der Waals surface area contributed by atoms with E-state index in [2.05, 4.69) is 32.8 Å². The van der Waals surface area contributed by atoms with Crippen molar-refractivity contribution in [2.24, 2.45) is 5.41 Å². The van der Waals surface area contributed by atoms with Gasteiger partial charge in [-0.05, 0) is 62.5 Å². The van der Waals surface area contributed by atoms with Gasteiger partial charge in [-0.1, -0.05) is 28.1 Å². The first kappa shape index (κ1) is 15.0. The second kappa shape index (κ2) is 6.09. The monoisotopic (exact) mass is 350 g/mol. The summed E-state index contributed by atoms with van der Waals surface area (Å²) < 4.78 is 1.04.